The van der Waals surface area contributed by atoms with Crippen LogP contribution in [0.3, 0.4) is 0 Å². The quantitative estimate of drug-likeness (QED) is 0.908. The molecule has 1 N–H and O–H groups in total. The van der Waals surface area contributed by atoms with Crippen LogP contribution in [0.15, 0.2) is 30.3 Å². The van der Waals surface area contributed by atoms with Crippen LogP contribution in [0.1, 0.15) is 37.7 Å². The van der Waals surface area contributed by atoms with Crippen molar-refractivity contribution in [3.8, 4) is 0 Å². The van der Waals surface area contributed by atoms with E-state index in [0.717, 1.165) is 44.0 Å². The third-order valence-electron chi connectivity index (χ3n) is 5.42. The van der Waals surface area contributed by atoms with Gasteiger partial charge < -0.3 is 9.80 Å². The molecule has 0 spiro atoms. The van der Waals surface area contributed by atoms with Gasteiger partial charge in [0.2, 0.25) is 0 Å². The highest BCUT2D eigenvalue weighted by atomic mass is 32.1. The fourth-order valence-electron chi connectivity index (χ4n) is 3.87. The van der Waals surface area contributed by atoms with Crippen LogP contribution in [0, 0.1) is 6.92 Å². The Labute approximate surface area is 147 Å². The number of piperazine rings is 1. The largest absolute Gasteiger partial charge is 0.328 e. The van der Waals surface area contributed by atoms with Crippen LogP contribution in [0.5, 0.6) is 0 Å². The Morgan fingerprint density at radius 1 is 1.21 bits per heavy atom. The number of hydrogen-bond donors (Lipinski definition) is 1. The molecule has 0 radical (unpaired) electrons. The highest BCUT2D eigenvalue weighted by Gasteiger charge is 2.27. The van der Waals surface area contributed by atoms with Crippen molar-refractivity contribution in [2.24, 2.45) is 0 Å². The maximum absolute atomic E-state index is 12.8. The van der Waals surface area contributed by atoms with Gasteiger partial charge in [0.05, 0.1) is 31.1 Å². The van der Waals surface area contributed by atoms with Gasteiger partial charge in [0.25, 0.3) is 5.91 Å². The number of carbonyl (C=O) groups excluding carboxylic acids is 1. The van der Waals surface area contributed by atoms with Crippen LogP contribution in [0.25, 0.3) is 0 Å². The molecule has 1 aliphatic carbocycles. The maximum atomic E-state index is 12.8. The molecule has 1 aromatic heterocycles. The van der Waals surface area contributed by atoms with Crippen molar-refractivity contribution in [1.82, 2.24) is 4.90 Å². The number of fused-ring (bicyclic) bond motifs is 1. The second kappa shape index (κ2) is 6.69. The number of nitrogens with zero attached hydrogens (tertiary/aromatic N) is 1. The molecule has 1 amide bonds. The highest BCUT2D eigenvalue weighted by molar-refractivity contribution is 7.14. The van der Waals surface area contributed by atoms with E-state index in [0.29, 0.717) is 0 Å². The SMILES string of the molecule is Cc1ccccc1C[NH+]1CCN(C(=O)c2cc3c(s2)CCC3)CC1. The fourth-order valence-corrected chi connectivity index (χ4v) is 5.09. The maximum Gasteiger partial charge on any atom is 0.264 e. The summed E-state index contributed by atoms with van der Waals surface area (Å²) in [6.45, 7) is 7.11. The van der Waals surface area contributed by atoms with E-state index >= 15 is 0 Å². The number of benzene rings is 1. The molecular formula is C20H25N2OS+. The summed E-state index contributed by atoms with van der Waals surface area (Å²) in [4.78, 5) is 18.8. The van der Waals surface area contributed by atoms with E-state index in [9.17, 15) is 4.79 Å². The molecule has 4 heteroatoms. The first kappa shape index (κ1) is 15.9. The molecule has 1 fully saturated rings. The summed E-state index contributed by atoms with van der Waals surface area (Å²) >= 11 is 1.73. The lowest BCUT2D eigenvalue weighted by Gasteiger charge is -2.32. The summed E-state index contributed by atoms with van der Waals surface area (Å²) in [5.41, 5.74) is 4.23. The van der Waals surface area contributed by atoms with E-state index in [1.807, 2.05) is 0 Å². The van der Waals surface area contributed by atoms with E-state index in [1.165, 1.54) is 34.4 Å². The minimum atomic E-state index is 0.254. The van der Waals surface area contributed by atoms with Gasteiger partial charge in [0.1, 0.15) is 6.54 Å². The van der Waals surface area contributed by atoms with Gasteiger partial charge in [-0.1, -0.05) is 24.3 Å². The summed E-state index contributed by atoms with van der Waals surface area (Å²) in [7, 11) is 0. The zero-order valence-corrected chi connectivity index (χ0v) is 15.1. The lowest BCUT2D eigenvalue weighted by atomic mass is 10.1. The van der Waals surface area contributed by atoms with Crippen molar-refractivity contribution < 1.29 is 9.69 Å². The van der Waals surface area contributed by atoms with Crippen LogP contribution < -0.4 is 4.90 Å². The predicted octanol–water partition coefficient (Wildman–Crippen LogP) is 2.09. The van der Waals surface area contributed by atoms with E-state index in [1.54, 1.807) is 16.2 Å². The third-order valence-corrected chi connectivity index (χ3v) is 6.64. The Balaban J connectivity index is 1.35. The number of nitrogens with one attached hydrogen (secondary N) is 1. The number of thiophene rings is 1. The van der Waals surface area contributed by atoms with Crippen molar-refractivity contribution in [1.29, 1.82) is 0 Å². The Hall–Kier alpha value is -1.65. The van der Waals surface area contributed by atoms with Crippen molar-refractivity contribution in [2.75, 3.05) is 26.2 Å². The molecule has 126 valence electrons. The van der Waals surface area contributed by atoms with Gasteiger partial charge in [-0.15, -0.1) is 11.3 Å². The van der Waals surface area contributed by atoms with Gasteiger partial charge in [0, 0.05) is 10.4 Å². The second-order valence-electron chi connectivity index (χ2n) is 7.06. The van der Waals surface area contributed by atoms with E-state index in [2.05, 4.69) is 42.2 Å². The van der Waals surface area contributed by atoms with Crippen molar-refractivity contribution in [2.45, 2.75) is 32.7 Å². The van der Waals surface area contributed by atoms with Gasteiger partial charge in [-0.25, -0.2) is 0 Å². The fraction of sp³-hybridized carbons (Fsp3) is 0.450. The van der Waals surface area contributed by atoms with E-state index < -0.39 is 0 Å². The first-order valence-electron chi connectivity index (χ1n) is 8.99. The lowest BCUT2D eigenvalue weighted by Crippen LogP contribution is -3.13. The molecule has 0 bridgehead atoms. The summed E-state index contributed by atoms with van der Waals surface area (Å²) in [6, 6.07) is 10.8. The normalized spacial score (nSPS) is 18.0. The average Bonchev–Trinajstić information content (AvgIpc) is 3.19. The first-order valence-corrected chi connectivity index (χ1v) is 9.81. The molecule has 1 aromatic carbocycles. The number of hydrogen-bond acceptors (Lipinski definition) is 2. The summed E-state index contributed by atoms with van der Waals surface area (Å²) < 4.78 is 0. The van der Waals surface area contributed by atoms with Crippen LogP contribution in [0.2, 0.25) is 0 Å². The lowest BCUT2D eigenvalue weighted by molar-refractivity contribution is -0.917. The molecule has 4 rings (SSSR count). The van der Waals surface area contributed by atoms with Crippen LogP contribution in [0.4, 0.5) is 0 Å². The minimum Gasteiger partial charge on any atom is -0.328 e. The first-order chi connectivity index (χ1) is 11.7. The second-order valence-corrected chi connectivity index (χ2v) is 8.19. The molecule has 0 atom stereocenters. The molecule has 3 nitrogen and oxygen atoms in total. The molecule has 1 saturated heterocycles. The number of amides is 1. The minimum absolute atomic E-state index is 0.254. The summed E-state index contributed by atoms with van der Waals surface area (Å²) in [5, 5.41) is 0. The monoisotopic (exact) mass is 341 g/mol. The molecule has 24 heavy (non-hydrogen) atoms. The molecule has 0 unspecified atom stereocenters. The number of aryl methyl sites for hydroxylation is 3. The van der Waals surface area contributed by atoms with Crippen molar-refractivity contribution in [3.63, 3.8) is 0 Å². The molecule has 2 aliphatic rings. The molecule has 0 saturated carbocycles. The summed E-state index contributed by atoms with van der Waals surface area (Å²) in [6.07, 6.45) is 3.59. The average molecular weight is 342 g/mol. The number of rotatable bonds is 3. The van der Waals surface area contributed by atoms with Gasteiger partial charge in [-0.3, -0.25) is 4.79 Å². The van der Waals surface area contributed by atoms with Crippen molar-refractivity contribution in [3.05, 3.63) is 56.8 Å². The number of carbonyl (C=O) groups is 1. The van der Waals surface area contributed by atoms with E-state index in [4.69, 9.17) is 0 Å². The zero-order chi connectivity index (χ0) is 16.5. The van der Waals surface area contributed by atoms with Gasteiger partial charge in [0.15, 0.2) is 0 Å². The Bertz CT molecular complexity index is 722. The Morgan fingerprint density at radius 2 is 2.00 bits per heavy atom. The summed E-state index contributed by atoms with van der Waals surface area (Å²) in [5.74, 6) is 0.254. The molecule has 2 aromatic rings. The topological polar surface area (TPSA) is 24.8 Å². The Morgan fingerprint density at radius 3 is 2.75 bits per heavy atom. The Kier molecular flexibility index (Phi) is 4.42. The molecule has 2 heterocycles. The van der Waals surface area contributed by atoms with Gasteiger partial charge in [-0.2, -0.15) is 0 Å². The smallest absolute Gasteiger partial charge is 0.264 e. The molecular weight excluding hydrogens is 316 g/mol. The van der Waals surface area contributed by atoms with Crippen LogP contribution in [-0.4, -0.2) is 37.0 Å². The number of quaternary nitrogens is 1. The van der Waals surface area contributed by atoms with Gasteiger partial charge >= 0.3 is 0 Å². The van der Waals surface area contributed by atoms with E-state index in [-0.39, 0.29) is 5.91 Å². The zero-order valence-electron chi connectivity index (χ0n) is 14.3. The standard InChI is InChI=1S/C20H24N2OS/c1-15-5-2-3-6-17(15)14-21-9-11-22(12-10-21)20(23)19-13-16-7-4-8-18(16)24-19/h2-3,5-6,13H,4,7-12,14H2,1H3/p+1. The predicted molar refractivity (Wildman–Crippen MR) is 97.8 cm³/mol. The van der Waals surface area contributed by atoms with Crippen LogP contribution in [-0.2, 0) is 19.4 Å². The third kappa shape index (κ3) is 3.13. The van der Waals surface area contributed by atoms with Crippen LogP contribution >= 0.6 is 11.3 Å². The highest BCUT2D eigenvalue weighted by Crippen LogP contribution is 2.31. The van der Waals surface area contributed by atoms with Crippen molar-refractivity contribution >= 4 is 17.2 Å². The molecule has 1 aliphatic heterocycles. The van der Waals surface area contributed by atoms with Gasteiger partial charge in [-0.05, 0) is 43.4 Å².